The number of carbonyl (C=O) groups excluding carboxylic acids is 1. The molecule has 0 fully saturated rings. The normalized spacial score (nSPS) is 10.8. The SMILES string of the molecule is Cc1cc(C)c(CO)c(C)c1/C=N/NC(N)=O. The van der Waals surface area contributed by atoms with Crippen molar-refractivity contribution < 1.29 is 9.90 Å². The Balaban J connectivity index is 3.15. The van der Waals surface area contributed by atoms with Gasteiger partial charge in [-0.2, -0.15) is 5.10 Å². The molecule has 5 nitrogen and oxygen atoms in total. The molecule has 0 unspecified atom stereocenters. The third kappa shape index (κ3) is 3.04. The highest BCUT2D eigenvalue weighted by molar-refractivity contribution is 5.85. The topological polar surface area (TPSA) is 87.7 Å². The number of hydrogen-bond donors (Lipinski definition) is 3. The molecule has 92 valence electrons. The van der Waals surface area contributed by atoms with Gasteiger partial charge >= 0.3 is 6.03 Å². The number of benzene rings is 1. The van der Waals surface area contributed by atoms with Crippen molar-refractivity contribution in [3.63, 3.8) is 0 Å². The van der Waals surface area contributed by atoms with Crippen molar-refractivity contribution in [3.8, 4) is 0 Å². The minimum atomic E-state index is -0.703. The van der Waals surface area contributed by atoms with E-state index in [2.05, 4.69) is 10.5 Å². The lowest BCUT2D eigenvalue weighted by Crippen LogP contribution is -2.24. The summed E-state index contributed by atoms with van der Waals surface area (Å²) in [5, 5.41) is 13.0. The summed E-state index contributed by atoms with van der Waals surface area (Å²) in [6.45, 7) is 5.81. The lowest BCUT2D eigenvalue weighted by molar-refractivity contribution is 0.249. The van der Waals surface area contributed by atoms with Crippen molar-refractivity contribution in [3.05, 3.63) is 33.9 Å². The number of urea groups is 1. The summed E-state index contributed by atoms with van der Waals surface area (Å²) in [7, 11) is 0. The predicted octanol–water partition coefficient (Wildman–Crippen LogP) is 1.11. The first kappa shape index (κ1) is 13.2. The van der Waals surface area contributed by atoms with Crippen LogP contribution in [-0.2, 0) is 6.61 Å². The van der Waals surface area contributed by atoms with Crippen LogP contribution in [0.25, 0.3) is 0 Å². The summed E-state index contributed by atoms with van der Waals surface area (Å²) in [4.78, 5) is 10.5. The Morgan fingerprint density at radius 2 is 2.12 bits per heavy atom. The lowest BCUT2D eigenvalue weighted by atomic mass is 9.94. The Hall–Kier alpha value is -1.88. The number of rotatable bonds is 3. The molecule has 0 heterocycles. The maximum absolute atomic E-state index is 10.5. The second-order valence-electron chi connectivity index (χ2n) is 3.92. The molecule has 1 aromatic carbocycles. The molecule has 1 rings (SSSR count). The number of nitrogens with one attached hydrogen (secondary N) is 1. The number of carbonyl (C=O) groups is 1. The predicted molar refractivity (Wildman–Crippen MR) is 66.9 cm³/mol. The van der Waals surface area contributed by atoms with Gasteiger partial charge in [-0.15, -0.1) is 0 Å². The summed E-state index contributed by atoms with van der Waals surface area (Å²) in [5.74, 6) is 0. The van der Waals surface area contributed by atoms with E-state index in [9.17, 15) is 9.90 Å². The molecule has 0 saturated heterocycles. The van der Waals surface area contributed by atoms with Gasteiger partial charge in [-0.3, -0.25) is 0 Å². The summed E-state index contributed by atoms with van der Waals surface area (Å²) in [6.07, 6.45) is 1.54. The van der Waals surface area contributed by atoms with Crippen LogP contribution >= 0.6 is 0 Å². The number of hydrogen-bond acceptors (Lipinski definition) is 3. The largest absolute Gasteiger partial charge is 0.392 e. The fraction of sp³-hybridized carbons (Fsp3) is 0.333. The van der Waals surface area contributed by atoms with E-state index in [0.29, 0.717) is 0 Å². The van der Waals surface area contributed by atoms with Crippen molar-refractivity contribution in [2.75, 3.05) is 0 Å². The number of aryl methyl sites for hydroxylation is 2. The molecular formula is C12H17N3O2. The van der Waals surface area contributed by atoms with Gasteiger partial charge in [-0.1, -0.05) is 6.07 Å². The fourth-order valence-electron chi connectivity index (χ4n) is 1.85. The number of amides is 2. The van der Waals surface area contributed by atoms with Gasteiger partial charge in [0.25, 0.3) is 0 Å². The summed E-state index contributed by atoms with van der Waals surface area (Å²) in [5.41, 5.74) is 11.9. The van der Waals surface area contributed by atoms with E-state index in [4.69, 9.17) is 5.73 Å². The number of nitrogens with two attached hydrogens (primary N) is 1. The third-order valence-electron chi connectivity index (χ3n) is 2.72. The molecular weight excluding hydrogens is 218 g/mol. The van der Waals surface area contributed by atoms with Crippen molar-refractivity contribution in [1.82, 2.24) is 5.43 Å². The van der Waals surface area contributed by atoms with E-state index in [-0.39, 0.29) is 6.61 Å². The molecule has 0 aliphatic heterocycles. The molecule has 0 aliphatic carbocycles. The molecule has 0 atom stereocenters. The zero-order chi connectivity index (χ0) is 13.0. The van der Waals surface area contributed by atoms with Crippen LogP contribution in [0.15, 0.2) is 11.2 Å². The Kier molecular flexibility index (Phi) is 4.23. The van der Waals surface area contributed by atoms with E-state index >= 15 is 0 Å². The van der Waals surface area contributed by atoms with Crippen LogP contribution in [0.2, 0.25) is 0 Å². The molecule has 0 bridgehead atoms. The van der Waals surface area contributed by atoms with Gasteiger partial charge < -0.3 is 10.8 Å². The first-order valence-corrected chi connectivity index (χ1v) is 5.26. The average Bonchev–Trinajstić information content (AvgIpc) is 2.22. The van der Waals surface area contributed by atoms with Crippen LogP contribution in [0.1, 0.15) is 27.8 Å². The molecule has 4 N–H and O–H groups in total. The molecule has 0 spiro atoms. The van der Waals surface area contributed by atoms with Crippen LogP contribution in [-0.4, -0.2) is 17.4 Å². The van der Waals surface area contributed by atoms with Crippen LogP contribution in [0.5, 0.6) is 0 Å². The van der Waals surface area contributed by atoms with Crippen molar-refractivity contribution >= 4 is 12.2 Å². The Morgan fingerprint density at radius 3 is 2.65 bits per heavy atom. The number of hydrazone groups is 1. The molecule has 17 heavy (non-hydrogen) atoms. The van der Waals surface area contributed by atoms with Gasteiger partial charge in [0.1, 0.15) is 0 Å². The van der Waals surface area contributed by atoms with E-state index in [0.717, 1.165) is 27.8 Å². The standard InChI is InChI=1S/C12H17N3O2/c1-7-4-8(2)11(6-16)9(3)10(7)5-14-15-12(13)17/h4-5,16H,6H2,1-3H3,(H3,13,15,17)/b14-5+. The number of aliphatic hydroxyl groups is 1. The molecule has 0 saturated carbocycles. The van der Waals surface area contributed by atoms with Gasteiger partial charge in [0, 0.05) is 5.56 Å². The minimum Gasteiger partial charge on any atom is -0.392 e. The number of aliphatic hydroxyl groups excluding tert-OH is 1. The zero-order valence-electron chi connectivity index (χ0n) is 10.2. The van der Waals surface area contributed by atoms with Gasteiger partial charge in [0.15, 0.2) is 0 Å². The summed E-state index contributed by atoms with van der Waals surface area (Å²) in [6, 6.07) is 1.27. The fourth-order valence-corrected chi connectivity index (χ4v) is 1.85. The highest BCUT2D eigenvalue weighted by Gasteiger charge is 2.08. The maximum atomic E-state index is 10.5. The van der Waals surface area contributed by atoms with E-state index in [1.54, 1.807) is 0 Å². The second-order valence-corrected chi connectivity index (χ2v) is 3.92. The Labute approximate surface area is 100 Å². The number of nitrogens with zero attached hydrogens (tertiary/aromatic N) is 1. The van der Waals surface area contributed by atoms with Gasteiger partial charge in [-0.25, -0.2) is 10.2 Å². The summed E-state index contributed by atoms with van der Waals surface area (Å²) < 4.78 is 0. The number of primary amides is 1. The molecule has 0 aliphatic rings. The Bertz CT molecular complexity index is 467. The Morgan fingerprint density at radius 1 is 1.47 bits per heavy atom. The second kappa shape index (κ2) is 5.45. The minimum absolute atomic E-state index is 0.0119. The van der Waals surface area contributed by atoms with E-state index in [1.807, 2.05) is 26.8 Å². The smallest absolute Gasteiger partial charge is 0.332 e. The molecule has 1 aromatic rings. The van der Waals surface area contributed by atoms with E-state index < -0.39 is 6.03 Å². The third-order valence-corrected chi connectivity index (χ3v) is 2.72. The van der Waals surface area contributed by atoms with E-state index in [1.165, 1.54) is 6.21 Å². The van der Waals surface area contributed by atoms with Crippen molar-refractivity contribution in [2.24, 2.45) is 10.8 Å². The van der Waals surface area contributed by atoms with Gasteiger partial charge in [-0.05, 0) is 43.0 Å². The van der Waals surface area contributed by atoms with Crippen LogP contribution in [0, 0.1) is 20.8 Å². The maximum Gasteiger partial charge on any atom is 0.332 e. The first-order chi connectivity index (χ1) is 7.97. The van der Waals surface area contributed by atoms with Gasteiger partial charge in [0.2, 0.25) is 0 Å². The quantitative estimate of drug-likeness (QED) is 0.541. The highest BCUT2D eigenvalue weighted by atomic mass is 16.3. The average molecular weight is 235 g/mol. The van der Waals surface area contributed by atoms with Crippen molar-refractivity contribution in [2.45, 2.75) is 27.4 Å². The van der Waals surface area contributed by atoms with Crippen LogP contribution < -0.4 is 11.2 Å². The molecule has 0 aromatic heterocycles. The lowest BCUT2D eigenvalue weighted by Gasteiger charge is -2.12. The van der Waals surface area contributed by atoms with Crippen LogP contribution in [0.4, 0.5) is 4.79 Å². The molecule has 0 radical (unpaired) electrons. The molecule has 5 heteroatoms. The van der Waals surface area contributed by atoms with Gasteiger partial charge in [0.05, 0.1) is 12.8 Å². The zero-order valence-corrected chi connectivity index (χ0v) is 10.2. The summed E-state index contributed by atoms with van der Waals surface area (Å²) >= 11 is 0. The van der Waals surface area contributed by atoms with Crippen LogP contribution in [0.3, 0.4) is 0 Å². The molecule has 2 amide bonds. The monoisotopic (exact) mass is 235 g/mol. The van der Waals surface area contributed by atoms with Crippen molar-refractivity contribution in [1.29, 1.82) is 0 Å². The highest BCUT2D eigenvalue weighted by Crippen LogP contribution is 2.20. The first-order valence-electron chi connectivity index (χ1n) is 5.26.